The molecule has 0 aromatic heterocycles. The molecule has 0 spiro atoms. The molecular formula is C16H26N2O2. The number of ether oxygens (including phenoxy) is 2. The molecule has 1 aromatic rings. The van der Waals surface area contributed by atoms with Gasteiger partial charge >= 0.3 is 0 Å². The molecule has 0 bridgehead atoms. The fourth-order valence-corrected chi connectivity index (χ4v) is 2.69. The van der Waals surface area contributed by atoms with Crippen LogP contribution in [0.25, 0.3) is 0 Å². The maximum absolute atomic E-state index is 5.83. The van der Waals surface area contributed by atoms with E-state index in [1.165, 1.54) is 19.4 Å². The Labute approximate surface area is 121 Å². The highest BCUT2D eigenvalue weighted by molar-refractivity contribution is 5.32. The summed E-state index contributed by atoms with van der Waals surface area (Å²) in [6.45, 7) is 4.57. The maximum atomic E-state index is 5.83. The molecule has 4 nitrogen and oxygen atoms in total. The summed E-state index contributed by atoms with van der Waals surface area (Å²) in [4.78, 5) is 2.47. The Morgan fingerprint density at radius 2 is 2.20 bits per heavy atom. The number of rotatable bonds is 7. The lowest BCUT2D eigenvalue weighted by Crippen LogP contribution is -2.40. The summed E-state index contributed by atoms with van der Waals surface area (Å²) < 4.78 is 11.3. The minimum absolute atomic E-state index is 0.405. The van der Waals surface area contributed by atoms with Crippen LogP contribution < -0.4 is 10.5 Å². The zero-order valence-electron chi connectivity index (χ0n) is 12.4. The Kier molecular flexibility index (Phi) is 6.30. The van der Waals surface area contributed by atoms with Crippen molar-refractivity contribution >= 4 is 0 Å². The number of likely N-dealkylation sites (tertiary alicyclic amines) is 1. The van der Waals surface area contributed by atoms with Gasteiger partial charge in [0.1, 0.15) is 5.75 Å². The average molecular weight is 278 g/mol. The molecule has 1 aliphatic heterocycles. The van der Waals surface area contributed by atoms with Gasteiger partial charge in [0.15, 0.2) is 0 Å². The highest BCUT2D eigenvalue weighted by Crippen LogP contribution is 2.17. The van der Waals surface area contributed by atoms with Crippen LogP contribution in [0.5, 0.6) is 5.75 Å². The predicted octanol–water partition coefficient (Wildman–Crippen LogP) is 2.02. The van der Waals surface area contributed by atoms with Gasteiger partial charge in [-0.2, -0.15) is 0 Å². The van der Waals surface area contributed by atoms with E-state index < -0.39 is 0 Å². The van der Waals surface area contributed by atoms with E-state index in [1.54, 1.807) is 7.11 Å². The van der Waals surface area contributed by atoms with Crippen molar-refractivity contribution in [3.8, 4) is 5.75 Å². The average Bonchev–Trinajstić information content (AvgIpc) is 2.52. The van der Waals surface area contributed by atoms with Crippen molar-refractivity contribution < 1.29 is 9.47 Å². The fraction of sp³-hybridized carbons (Fsp3) is 0.625. The number of piperidine rings is 1. The first-order valence-electron chi connectivity index (χ1n) is 7.49. The Bertz CT molecular complexity index is 398. The fourth-order valence-electron chi connectivity index (χ4n) is 2.69. The molecule has 0 saturated carbocycles. The van der Waals surface area contributed by atoms with E-state index in [0.717, 1.165) is 37.4 Å². The van der Waals surface area contributed by atoms with Crippen LogP contribution in [-0.4, -0.2) is 44.4 Å². The lowest BCUT2D eigenvalue weighted by Gasteiger charge is -2.31. The molecule has 112 valence electrons. The summed E-state index contributed by atoms with van der Waals surface area (Å²) in [6, 6.07) is 7.99. The van der Waals surface area contributed by atoms with Gasteiger partial charge in [0.2, 0.25) is 0 Å². The number of methoxy groups -OCH3 is 1. The van der Waals surface area contributed by atoms with E-state index in [1.807, 2.05) is 24.3 Å². The molecule has 2 rings (SSSR count). The molecule has 1 heterocycles. The molecule has 1 aromatic carbocycles. The molecule has 0 radical (unpaired) electrons. The monoisotopic (exact) mass is 278 g/mol. The van der Waals surface area contributed by atoms with Crippen molar-refractivity contribution in [1.29, 1.82) is 0 Å². The van der Waals surface area contributed by atoms with Gasteiger partial charge in [0, 0.05) is 32.3 Å². The van der Waals surface area contributed by atoms with Crippen LogP contribution in [0, 0.1) is 0 Å². The third-order valence-electron chi connectivity index (χ3n) is 3.86. The Morgan fingerprint density at radius 3 is 3.00 bits per heavy atom. The van der Waals surface area contributed by atoms with Gasteiger partial charge in [-0.25, -0.2) is 0 Å². The summed E-state index contributed by atoms with van der Waals surface area (Å²) >= 11 is 0. The van der Waals surface area contributed by atoms with Crippen molar-refractivity contribution in [1.82, 2.24) is 4.90 Å². The summed E-state index contributed by atoms with van der Waals surface area (Å²) in [7, 11) is 1.81. The normalized spacial score (nSPS) is 20.0. The van der Waals surface area contributed by atoms with E-state index in [9.17, 15) is 0 Å². The van der Waals surface area contributed by atoms with E-state index in [2.05, 4.69) is 4.90 Å². The van der Waals surface area contributed by atoms with Crippen molar-refractivity contribution in [3.63, 3.8) is 0 Å². The molecule has 2 N–H and O–H groups in total. The lowest BCUT2D eigenvalue weighted by atomic mass is 10.1. The van der Waals surface area contributed by atoms with Gasteiger partial charge in [-0.3, -0.25) is 0 Å². The number of hydrogen-bond acceptors (Lipinski definition) is 4. The highest BCUT2D eigenvalue weighted by atomic mass is 16.5. The lowest BCUT2D eigenvalue weighted by molar-refractivity contribution is 0.0298. The number of hydrogen-bond donors (Lipinski definition) is 1. The predicted molar refractivity (Wildman–Crippen MR) is 80.9 cm³/mol. The molecule has 1 atom stereocenters. The highest BCUT2D eigenvalue weighted by Gasteiger charge is 2.18. The quantitative estimate of drug-likeness (QED) is 0.775. The first-order chi connectivity index (χ1) is 9.83. The molecule has 1 saturated heterocycles. The second-order valence-corrected chi connectivity index (χ2v) is 5.31. The molecule has 0 amide bonds. The Hall–Kier alpha value is -1.10. The Balaban J connectivity index is 1.68. The van der Waals surface area contributed by atoms with Gasteiger partial charge < -0.3 is 20.1 Å². The molecule has 4 heteroatoms. The summed E-state index contributed by atoms with van der Waals surface area (Å²) in [5.74, 6) is 0.920. The largest absolute Gasteiger partial charge is 0.493 e. The number of nitrogens with zero attached hydrogens (tertiary/aromatic N) is 1. The van der Waals surface area contributed by atoms with Crippen LogP contribution in [-0.2, 0) is 11.3 Å². The minimum atomic E-state index is 0.405. The first kappa shape index (κ1) is 15.3. The summed E-state index contributed by atoms with van der Waals surface area (Å²) in [6.07, 6.45) is 3.86. The zero-order chi connectivity index (χ0) is 14.2. The number of nitrogens with two attached hydrogens (primary N) is 1. The second kappa shape index (κ2) is 8.25. The molecule has 1 aliphatic rings. The summed E-state index contributed by atoms with van der Waals surface area (Å²) in [5, 5.41) is 0. The maximum Gasteiger partial charge on any atom is 0.123 e. The van der Waals surface area contributed by atoms with E-state index in [0.29, 0.717) is 12.6 Å². The topological polar surface area (TPSA) is 47.7 Å². The van der Waals surface area contributed by atoms with Gasteiger partial charge in [0.05, 0.1) is 12.7 Å². The van der Waals surface area contributed by atoms with Crippen molar-refractivity contribution in [2.24, 2.45) is 5.73 Å². The third kappa shape index (κ3) is 4.47. The molecule has 1 fully saturated rings. The molecule has 20 heavy (non-hydrogen) atoms. The van der Waals surface area contributed by atoms with Gasteiger partial charge in [0.25, 0.3) is 0 Å². The number of benzene rings is 1. The third-order valence-corrected chi connectivity index (χ3v) is 3.86. The van der Waals surface area contributed by atoms with Crippen LogP contribution in [0.3, 0.4) is 0 Å². The first-order valence-corrected chi connectivity index (χ1v) is 7.49. The van der Waals surface area contributed by atoms with Crippen LogP contribution in [0.15, 0.2) is 24.3 Å². The van der Waals surface area contributed by atoms with Crippen molar-refractivity contribution in [3.05, 3.63) is 29.8 Å². The van der Waals surface area contributed by atoms with Crippen molar-refractivity contribution in [2.75, 3.05) is 33.4 Å². The van der Waals surface area contributed by atoms with E-state index in [4.69, 9.17) is 15.2 Å². The second-order valence-electron chi connectivity index (χ2n) is 5.31. The molecule has 0 aliphatic carbocycles. The van der Waals surface area contributed by atoms with Crippen molar-refractivity contribution in [2.45, 2.75) is 31.9 Å². The van der Waals surface area contributed by atoms with Crippen LogP contribution in [0.4, 0.5) is 0 Å². The van der Waals surface area contributed by atoms with E-state index in [-0.39, 0.29) is 0 Å². The SMILES string of the molecule is COC1CCCN(CCCOc2ccccc2CN)C1. The van der Waals surface area contributed by atoms with Crippen LogP contribution >= 0.6 is 0 Å². The van der Waals surface area contributed by atoms with Crippen LogP contribution in [0.2, 0.25) is 0 Å². The Morgan fingerprint density at radius 1 is 1.35 bits per heavy atom. The van der Waals surface area contributed by atoms with Crippen LogP contribution in [0.1, 0.15) is 24.8 Å². The van der Waals surface area contributed by atoms with Gasteiger partial charge in [-0.1, -0.05) is 18.2 Å². The van der Waals surface area contributed by atoms with Gasteiger partial charge in [-0.05, 0) is 31.9 Å². The summed E-state index contributed by atoms with van der Waals surface area (Å²) in [5.41, 5.74) is 6.77. The number of para-hydroxylation sites is 1. The van der Waals surface area contributed by atoms with Gasteiger partial charge in [-0.15, -0.1) is 0 Å². The molecule has 1 unspecified atom stereocenters. The standard InChI is InChI=1S/C16H26N2O2/c1-19-15-7-4-9-18(13-15)10-5-11-20-16-8-3-2-6-14(16)12-17/h2-3,6,8,15H,4-5,7,9-13,17H2,1H3. The smallest absolute Gasteiger partial charge is 0.123 e. The minimum Gasteiger partial charge on any atom is -0.493 e. The van der Waals surface area contributed by atoms with E-state index >= 15 is 0 Å². The molecular weight excluding hydrogens is 252 g/mol. The zero-order valence-corrected chi connectivity index (χ0v) is 12.4.